The van der Waals surface area contributed by atoms with Gasteiger partial charge in [-0.3, -0.25) is 19.3 Å². The summed E-state index contributed by atoms with van der Waals surface area (Å²) in [4.78, 5) is 40.3. The summed E-state index contributed by atoms with van der Waals surface area (Å²) in [5, 5.41) is 2.97. The largest absolute Gasteiger partial charge is 0.322 e. The number of fused-ring (bicyclic) bond motifs is 5. The second-order valence-electron chi connectivity index (χ2n) is 8.67. The summed E-state index contributed by atoms with van der Waals surface area (Å²) < 4.78 is 0. The Kier molecular flexibility index (Phi) is 4.09. The molecule has 2 bridgehead atoms. The molecular formula is C24H24N2O3. The zero-order valence-electron chi connectivity index (χ0n) is 16.6. The molecule has 29 heavy (non-hydrogen) atoms. The van der Waals surface area contributed by atoms with Crippen molar-refractivity contribution in [1.29, 1.82) is 0 Å². The SMILES string of the molecule is Cc1cccc(C)c1NC(=O)c1cccc(N2C(=O)[C@@H]3[C@@H]4CC[C@@H](C4)[C@@H]3C2=O)c1. The average molecular weight is 388 g/mol. The normalized spacial score (nSPS) is 27.4. The lowest BCUT2D eigenvalue weighted by molar-refractivity contribution is -0.123. The quantitative estimate of drug-likeness (QED) is 0.806. The number of hydrogen-bond acceptors (Lipinski definition) is 3. The van der Waals surface area contributed by atoms with E-state index in [4.69, 9.17) is 0 Å². The Balaban J connectivity index is 1.42. The van der Waals surface area contributed by atoms with E-state index in [9.17, 15) is 14.4 Å². The van der Waals surface area contributed by atoms with Crippen molar-refractivity contribution in [1.82, 2.24) is 0 Å². The fourth-order valence-electron chi connectivity index (χ4n) is 5.65. The van der Waals surface area contributed by atoms with E-state index < -0.39 is 0 Å². The van der Waals surface area contributed by atoms with Gasteiger partial charge in [-0.05, 0) is 74.3 Å². The van der Waals surface area contributed by atoms with E-state index in [1.54, 1.807) is 24.3 Å². The zero-order valence-corrected chi connectivity index (χ0v) is 16.6. The summed E-state index contributed by atoms with van der Waals surface area (Å²) in [7, 11) is 0. The maximum Gasteiger partial charge on any atom is 0.255 e. The Bertz CT molecular complexity index is 996. The standard InChI is InChI=1S/C24H24N2O3/c1-13-5-3-6-14(2)21(13)25-22(27)17-7-4-8-18(12-17)26-23(28)19-15-9-10-16(11-15)20(19)24(26)29/h3-8,12,15-16,19-20H,9-11H2,1-2H3,(H,25,27)/t15-,16+,19-,20+. The molecule has 5 heteroatoms. The molecule has 1 N–H and O–H groups in total. The lowest BCUT2D eigenvalue weighted by atomic mass is 9.81. The van der Waals surface area contributed by atoms with E-state index in [0.29, 0.717) is 23.1 Å². The van der Waals surface area contributed by atoms with E-state index in [1.807, 2.05) is 32.0 Å². The molecule has 0 aromatic heterocycles. The molecule has 2 aromatic carbocycles. The highest BCUT2D eigenvalue weighted by molar-refractivity contribution is 6.23. The molecule has 2 aromatic rings. The first-order chi connectivity index (χ1) is 14.0. The number of nitrogens with zero attached hydrogens (tertiary/aromatic N) is 1. The van der Waals surface area contributed by atoms with Gasteiger partial charge in [0, 0.05) is 11.3 Å². The topological polar surface area (TPSA) is 66.5 Å². The van der Waals surface area contributed by atoms with Gasteiger partial charge in [0.1, 0.15) is 0 Å². The van der Waals surface area contributed by atoms with Crippen LogP contribution in [0.25, 0.3) is 0 Å². The van der Waals surface area contributed by atoms with Crippen molar-refractivity contribution >= 4 is 29.1 Å². The first kappa shape index (κ1) is 18.1. The monoisotopic (exact) mass is 388 g/mol. The van der Waals surface area contributed by atoms with Crippen molar-refractivity contribution in [2.75, 3.05) is 10.2 Å². The Morgan fingerprint density at radius 2 is 1.52 bits per heavy atom. The molecule has 2 aliphatic carbocycles. The lowest BCUT2D eigenvalue weighted by Gasteiger charge is -2.19. The van der Waals surface area contributed by atoms with Gasteiger partial charge in [-0.15, -0.1) is 0 Å². The average Bonchev–Trinajstić information content (AvgIpc) is 3.38. The summed E-state index contributed by atoms with van der Waals surface area (Å²) in [5.41, 5.74) is 3.71. The number of anilines is 2. The summed E-state index contributed by atoms with van der Waals surface area (Å²) in [5.74, 6) is -0.0340. The number of carbonyl (C=O) groups is 3. The molecule has 4 atom stereocenters. The van der Waals surface area contributed by atoms with E-state index in [-0.39, 0.29) is 29.6 Å². The maximum absolute atomic E-state index is 13.1. The highest BCUT2D eigenvalue weighted by Crippen LogP contribution is 2.56. The number of nitrogens with one attached hydrogen (secondary N) is 1. The first-order valence-corrected chi connectivity index (χ1v) is 10.3. The van der Waals surface area contributed by atoms with Gasteiger partial charge in [0.2, 0.25) is 11.8 Å². The highest BCUT2D eigenvalue weighted by atomic mass is 16.2. The fraction of sp³-hybridized carbons (Fsp3) is 0.375. The highest BCUT2D eigenvalue weighted by Gasteiger charge is 2.61. The molecule has 1 aliphatic heterocycles. The van der Waals surface area contributed by atoms with Crippen LogP contribution in [0.5, 0.6) is 0 Å². The molecule has 5 rings (SSSR count). The number of benzene rings is 2. The fourth-order valence-corrected chi connectivity index (χ4v) is 5.65. The minimum absolute atomic E-state index is 0.0838. The third kappa shape index (κ3) is 2.71. The molecule has 3 fully saturated rings. The van der Waals surface area contributed by atoms with Crippen LogP contribution in [0.15, 0.2) is 42.5 Å². The third-order valence-electron chi connectivity index (χ3n) is 7.01. The number of aryl methyl sites for hydroxylation is 2. The van der Waals surface area contributed by atoms with Crippen molar-refractivity contribution in [2.45, 2.75) is 33.1 Å². The second-order valence-corrected chi connectivity index (χ2v) is 8.67. The lowest BCUT2D eigenvalue weighted by Crippen LogP contribution is -2.33. The Labute approximate surface area is 170 Å². The van der Waals surface area contributed by atoms with Crippen LogP contribution in [0.2, 0.25) is 0 Å². The van der Waals surface area contributed by atoms with Gasteiger partial charge in [0.25, 0.3) is 5.91 Å². The molecular weight excluding hydrogens is 364 g/mol. The molecule has 1 saturated heterocycles. The Morgan fingerprint density at radius 3 is 2.14 bits per heavy atom. The molecule has 5 nitrogen and oxygen atoms in total. The minimum Gasteiger partial charge on any atom is -0.322 e. The molecule has 3 aliphatic rings. The van der Waals surface area contributed by atoms with Gasteiger partial charge in [-0.25, -0.2) is 0 Å². The van der Waals surface area contributed by atoms with Gasteiger partial charge in [-0.1, -0.05) is 24.3 Å². The smallest absolute Gasteiger partial charge is 0.255 e. The molecule has 0 unspecified atom stereocenters. The molecule has 1 heterocycles. The Morgan fingerprint density at radius 1 is 0.931 bits per heavy atom. The van der Waals surface area contributed by atoms with Gasteiger partial charge in [0.05, 0.1) is 17.5 Å². The van der Waals surface area contributed by atoms with Gasteiger partial charge < -0.3 is 5.32 Å². The van der Waals surface area contributed by atoms with Crippen LogP contribution in [-0.4, -0.2) is 17.7 Å². The van der Waals surface area contributed by atoms with E-state index in [2.05, 4.69) is 5.32 Å². The predicted molar refractivity (Wildman–Crippen MR) is 111 cm³/mol. The summed E-state index contributed by atoms with van der Waals surface area (Å²) >= 11 is 0. The number of amides is 3. The van der Waals surface area contributed by atoms with Crippen LogP contribution in [-0.2, 0) is 9.59 Å². The molecule has 0 radical (unpaired) electrons. The van der Waals surface area contributed by atoms with Gasteiger partial charge >= 0.3 is 0 Å². The number of para-hydroxylation sites is 1. The Hall–Kier alpha value is -2.95. The number of carbonyl (C=O) groups excluding carboxylic acids is 3. The number of rotatable bonds is 3. The predicted octanol–water partition coefficient (Wildman–Crippen LogP) is 4.09. The van der Waals surface area contributed by atoms with Crippen LogP contribution >= 0.6 is 0 Å². The van der Waals surface area contributed by atoms with Gasteiger partial charge in [-0.2, -0.15) is 0 Å². The first-order valence-electron chi connectivity index (χ1n) is 10.3. The third-order valence-corrected chi connectivity index (χ3v) is 7.01. The summed E-state index contributed by atoms with van der Waals surface area (Å²) in [6, 6.07) is 12.7. The van der Waals surface area contributed by atoms with Crippen molar-refractivity contribution in [3.05, 3.63) is 59.2 Å². The molecule has 0 spiro atoms. The van der Waals surface area contributed by atoms with Crippen LogP contribution < -0.4 is 10.2 Å². The van der Waals surface area contributed by atoms with Crippen molar-refractivity contribution in [3.8, 4) is 0 Å². The van der Waals surface area contributed by atoms with Crippen molar-refractivity contribution < 1.29 is 14.4 Å². The van der Waals surface area contributed by atoms with E-state index in [1.165, 1.54) is 4.90 Å². The minimum atomic E-state index is -0.247. The molecule has 2 saturated carbocycles. The molecule has 148 valence electrons. The number of hydrogen-bond donors (Lipinski definition) is 1. The van der Waals surface area contributed by atoms with E-state index >= 15 is 0 Å². The van der Waals surface area contributed by atoms with Crippen LogP contribution in [0.3, 0.4) is 0 Å². The van der Waals surface area contributed by atoms with Crippen LogP contribution in [0.1, 0.15) is 40.7 Å². The zero-order chi connectivity index (χ0) is 20.3. The maximum atomic E-state index is 13.1. The second kappa shape index (κ2) is 6.55. The van der Waals surface area contributed by atoms with E-state index in [0.717, 1.165) is 36.1 Å². The van der Waals surface area contributed by atoms with Crippen LogP contribution in [0, 0.1) is 37.5 Å². The summed E-state index contributed by atoms with van der Waals surface area (Å²) in [6.45, 7) is 3.90. The van der Waals surface area contributed by atoms with Crippen LogP contribution in [0.4, 0.5) is 11.4 Å². The summed E-state index contributed by atoms with van der Waals surface area (Å²) in [6.07, 6.45) is 3.12. The molecule has 3 amide bonds. The van der Waals surface area contributed by atoms with Gasteiger partial charge in [0.15, 0.2) is 0 Å². The van der Waals surface area contributed by atoms with Crippen molar-refractivity contribution in [2.24, 2.45) is 23.7 Å². The number of imide groups is 1. The van der Waals surface area contributed by atoms with Crippen molar-refractivity contribution in [3.63, 3.8) is 0 Å².